The third-order valence-electron chi connectivity index (χ3n) is 1.59. The van der Waals surface area contributed by atoms with Crippen LogP contribution in [0.25, 0.3) is 0 Å². The number of hydrogen-bond acceptors (Lipinski definition) is 4. The second-order valence-electron chi connectivity index (χ2n) is 2.70. The first-order chi connectivity index (χ1) is 6.32. The summed E-state index contributed by atoms with van der Waals surface area (Å²) in [7, 11) is -4.54. The number of benzene rings is 1. The van der Waals surface area contributed by atoms with E-state index in [0.29, 0.717) is 5.56 Å². The Labute approximate surface area is 130 Å². The van der Waals surface area contributed by atoms with E-state index < -0.39 is 25.6 Å². The van der Waals surface area contributed by atoms with Gasteiger partial charge in [0.1, 0.15) is 0 Å². The van der Waals surface area contributed by atoms with Crippen LogP contribution in [0.2, 0.25) is 0 Å². The Morgan fingerprint density at radius 3 is 2.40 bits per heavy atom. The predicted octanol–water partition coefficient (Wildman–Crippen LogP) is 0.994. The van der Waals surface area contributed by atoms with Gasteiger partial charge in [-0.1, -0.05) is 6.07 Å². The van der Waals surface area contributed by atoms with Gasteiger partial charge in [-0.05, 0) is 18.6 Å². The summed E-state index contributed by atoms with van der Waals surface area (Å²) in [6.45, 7) is 1.58. The molecule has 0 heterocycles. The fraction of sp³-hybridized carbons (Fsp3) is 0.143. The van der Waals surface area contributed by atoms with Crippen LogP contribution in [0.15, 0.2) is 23.1 Å². The molecular weight excluding hydrogens is 347 g/mol. The van der Waals surface area contributed by atoms with E-state index in [0.717, 1.165) is 12.1 Å². The van der Waals surface area contributed by atoms with Crippen molar-refractivity contribution in [3.63, 3.8) is 0 Å². The summed E-state index contributed by atoms with van der Waals surface area (Å²) in [6.07, 6.45) is 0. The molecule has 1 aromatic carbocycles. The van der Waals surface area contributed by atoms with Gasteiger partial charge in [0.15, 0.2) is 4.90 Å². The van der Waals surface area contributed by atoms with E-state index in [2.05, 4.69) is 0 Å². The summed E-state index contributed by atoms with van der Waals surface area (Å²) in [5.41, 5.74) is -0.0726. The fourth-order valence-electron chi connectivity index (χ4n) is 0.988. The molecule has 0 aliphatic carbocycles. The van der Waals surface area contributed by atoms with Crippen molar-refractivity contribution >= 4 is 64.7 Å². The largest absolute Gasteiger partial charge is 2.00 e. The van der Waals surface area contributed by atoms with Crippen LogP contribution in [0, 0.1) is 17.0 Å². The first-order valence-electron chi connectivity index (χ1n) is 3.55. The molecule has 0 saturated carbocycles. The molecule has 0 bridgehead atoms. The molecule has 15 heavy (non-hydrogen) atoms. The maximum absolute atomic E-state index is 10.7. The van der Waals surface area contributed by atoms with Crippen LogP contribution >= 0.6 is 0 Å². The number of nitro benzene ring substituents is 1. The van der Waals surface area contributed by atoms with Crippen LogP contribution in [-0.2, 0) is 10.1 Å². The smallest absolute Gasteiger partial charge is 1.00 e. The number of rotatable bonds is 2. The molecule has 0 aliphatic rings. The molecule has 0 unspecified atom stereocenters. The van der Waals surface area contributed by atoms with Crippen LogP contribution in [0.3, 0.4) is 0 Å². The van der Waals surface area contributed by atoms with Crippen molar-refractivity contribution in [2.75, 3.05) is 0 Å². The van der Waals surface area contributed by atoms with E-state index in [9.17, 15) is 18.5 Å². The molecule has 1 rings (SSSR count). The van der Waals surface area contributed by atoms with E-state index in [4.69, 9.17) is 4.55 Å². The predicted molar refractivity (Wildman–Crippen MR) is 55.6 cm³/mol. The van der Waals surface area contributed by atoms with Gasteiger partial charge < -0.3 is 2.85 Å². The molecule has 0 atom stereocenters. The zero-order valence-corrected chi connectivity index (χ0v) is 13.1. The van der Waals surface area contributed by atoms with Gasteiger partial charge >= 0.3 is 59.0 Å². The third kappa shape index (κ3) is 3.87. The van der Waals surface area contributed by atoms with E-state index in [1.165, 1.54) is 6.07 Å². The summed E-state index contributed by atoms with van der Waals surface area (Å²) < 4.78 is 30.1. The molecule has 6 nitrogen and oxygen atoms in total. The van der Waals surface area contributed by atoms with Crippen LogP contribution in [0.1, 0.15) is 8.42 Å². The standard InChI is InChI=1S/C7H7NO5S.Ba.2H/c1-5-2-3-7(14(11,12)13)6(4-5)8(9)10;;;/h2-4H,1H3,(H,11,12,13);;;/q;+2;2*-1. The van der Waals surface area contributed by atoms with E-state index >= 15 is 0 Å². The average Bonchev–Trinajstić information content (AvgIpc) is 2.01. The van der Waals surface area contributed by atoms with Gasteiger partial charge in [-0.25, -0.2) is 0 Å². The first kappa shape index (κ1) is 15.1. The summed E-state index contributed by atoms with van der Waals surface area (Å²) in [5, 5.41) is 10.5. The Kier molecular flexibility index (Phi) is 5.47. The van der Waals surface area contributed by atoms with Crippen LogP contribution < -0.4 is 0 Å². The van der Waals surface area contributed by atoms with Crippen molar-refractivity contribution < 1.29 is 20.7 Å². The van der Waals surface area contributed by atoms with Crippen molar-refractivity contribution in [2.24, 2.45) is 0 Å². The monoisotopic (exact) mass is 357 g/mol. The quantitative estimate of drug-likeness (QED) is 0.369. The van der Waals surface area contributed by atoms with Gasteiger partial charge in [-0.3, -0.25) is 14.7 Å². The molecule has 0 spiro atoms. The molecule has 0 fully saturated rings. The number of nitrogens with zero attached hydrogens (tertiary/aromatic N) is 1. The molecule has 0 saturated heterocycles. The van der Waals surface area contributed by atoms with Gasteiger partial charge in [0.05, 0.1) is 4.92 Å². The van der Waals surface area contributed by atoms with Crippen LogP contribution in [0.4, 0.5) is 5.69 Å². The number of nitro groups is 1. The minimum absolute atomic E-state index is 0. The number of hydrogen-bond donors (Lipinski definition) is 1. The zero-order valence-electron chi connectivity index (χ0n) is 9.87. The molecule has 1 aromatic rings. The maximum Gasteiger partial charge on any atom is 2.00 e. The summed E-state index contributed by atoms with van der Waals surface area (Å²) in [5.74, 6) is 0. The van der Waals surface area contributed by atoms with Crippen molar-refractivity contribution in [3.8, 4) is 0 Å². The molecule has 8 heteroatoms. The summed E-state index contributed by atoms with van der Waals surface area (Å²) in [6, 6.07) is 3.46. The molecule has 0 aliphatic heterocycles. The molecular formula is C7H9BaNO5S. The minimum Gasteiger partial charge on any atom is -1.00 e. The number of aryl methyl sites for hydroxylation is 1. The molecule has 0 amide bonds. The van der Waals surface area contributed by atoms with Crippen LogP contribution in [-0.4, -0.2) is 66.8 Å². The molecule has 0 aromatic heterocycles. The summed E-state index contributed by atoms with van der Waals surface area (Å²) in [4.78, 5) is 8.91. The van der Waals surface area contributed by atoms with Gasteiger partial charge in [0, 0.05) is 6.07 Å². The van der Waals surface area contributed by atoms with E-state index in [1.54, 1.807) is 6.92 Å². The summed E-state index contributed by atoms with van der Waals surface area (Å²) >= 11 is 0. The maximum atomic E-state index is 10.7. The molecule has 80 valence electrons. The normalized spacial score (nSPS) is 10.5. The fourth-order valence-corrected chi connectivity index (χ4v) is 1.63. The third-order valence-corrected chi connectivity index (χ3v) is 2.49. The van der Waals surface area contributed by atoms with Gasteiger partial charge in [-0.15, -0.1) is 0 Å². The van der Waals surface area contributed by atoms with Gasteiger partial charge in [-0.2, -0.15) is 8.42 Å². The Hall–Kier alpha value is 0.101. The van der Waals surface area contributed by atoms with Crippen molar-refractivity contribution in [1.29, 1.82) is 0 Å². The zero-order chi connectivity index (χ0) is 10.9. The Morgan fingerprint density at radius 2 is 2.00 bits per heavy atom. The topological polar surface area (TPSA) is 97.5 Å². The van der Waals surface area contributed by atoms with Crippen molar-refractivity contribution in [2.45, 2.75) is 11.8 Å². The first-order valence-corrected chi connectivity index (χ1v) is 4.99. The average molecular weight is 357 g/mol. The minimum atomic E-state index is -4.54. The van der Waals surface area contributed by atoms with Gasteiger partial charge in [0.2, 0.25) is 0 Å². The SMILES string of the molecule is Cc1ccc(S(=O)(=O)O)c([N+](=O)[O-])c1.[Ba+2].[H-].[H-]. The molecule has 0 radical (unpaired) electrons. The Bertz CT molecular complexity index is 493. The van der Waals surface area contributed by atoms with Crippen LogP contribution in [0.5, 0.6) is 0 Å². The van der Waals surface area contributed by atoms with E-state index in [1.807, 2.05) is 0 Å². The van der Waals surface area contributed by atoms with Crippen molar-refractivity contribution in [3.05, 3.63) is 33.9 Å². The van der Waals surface area contributed by atoms with Gasteiger partial charge in [0.25, 0.3) is 5.69 Å². The Balaban J connectivity index is -0.000000653. The Morgan fingerprint density at radius 1 is 1.47 bits per heavy atom. The van der Waals surface area contributed by atoms with Crippen molar-refractivity contribution in [1.82, 2.24) is 0 Å². The molecule has 1 N–H and O–H groups in total. The second-order valence-corrected chi connectivity index (χ2v) is 4.09. The van der Waals surface area contributed by atoms with E-state index in [-0.39, 0.29) is 51.7 Å². The second kappa shape index (κ2) is 5.44.